The van der Waals surface area contributed by atoms with Crippen LogP contribution in [0, 0.1) is 6.92 Å². The molecule has 1 rings (SSSR count). The van der Waals surface area contributed by atoms with E-state index in [0.29, 0.717) is 0 Å². The van der Waals surface area contributed by atoms with Crippen molar-refractivity contribution in [2.75, 3.05) is 7.11 Å². The highest BCUT2D eigenvalue weighted by Gasteiger charge is 1.99. The third kappa shape index (κ3) is 1.74. The van der Waals surface area contributed by atoms with Crippen molar-refractivity contribution in [2.45, 2.75) is 6.92 Å². The first-order valence-corrected chi connectivity index (χ1v) is 3.40. The Hall–Kier alpha value is -0.955. The van der Waals surface area contributed by atoms with Crippen molar-refractivity contribution >= 4 is 12.9 Å². The van der Waals surface area contributed by atoms with Crippen LogP contribution in [0.15, 0.2) is 18.2 Å². The lowest BCUT2D eigenvalue weighted by atomic mass is 9.85. The SMILES string of the molecule is COc1ccc([B]O)c(C)c1. The summed E-state index contributed by atoms with van der Waals surface area (Å²) in [4.78, 5) is 0. The molecular weight excluding hydrogens is 139 g/mol. The first-order valence-electron chi connectivity index (χ1n) is 3.40. The van der Waals surface area contributed by atoms with E-state index in [0.717, 1.165) is 24.3 Å². The van der Waals surface area contributed by atoms with E-state index in [1.165, 1.54) is 0 Å². The Morgan fingerprint density at radius 2 is 2.18 bits per heavy atom. The molecular formula is C8H10BO2. The van der Waals surface area contributed by atoms with Crippen LogP contribution < -0.4 is 10.2 Å². The average molecular weight is 149 g/mol. The third-order valence-corrected chi connectivity index (χ3v) is 1.62. The molecule has 0 heterocycles. The summed E-state index contributed by atoms with van der Waals surface area (Å²) in [6.45, 7) is 1.92. The average Bonchev–Trinajstić information content (AvgIpc) is 2.04. The van der Waals surface area contributed by atoms with Gasteiger partial charge in [0.2, 0.25) is 0 Å². The quantitative estimate of drug-likeness (QED) is 0.610. The molecule has 0 unspecified atom stereocenters. The lowest BCUT2D eigenvalue weighted by molar-refractivity contribution is 0.414. The maximum absolute atomic E-state index is 8.72. The van der Waals surface area contributed by atoms with Gasteiger partial charge in [-0.2, -0.15) is 0 Å². The topological polar surface area (TPSA) is 29.5 Å². The molecule has 0 saturated heterocycles. The van der Waals surface area contributed by atoms with E-state index in [2.05, 4.69) is 0 Å². The Bertz CT molecular complexity index is 248. The van der Waals surface area contributed by atoms with Crippen molar-refractivity contribution in [1.82, 2.24) is 0 Å². The molecule has 0 amide bonds. The van der Waals surface area contributed by atoms with Crippen molar-refractivity contribution in [3.63, 3.8) is 0 Å². The summed E-state index contributed by atoms with van der Waals surface area (Å²) >= 11 is 0. The second kappa shape index (κ2) is 3.44. The van der Waals surface area contributed by atoms with Crippen LogP contribution in [0.3, 0.4) is 0 Å². The molecule has 57 valence electrons. The van der Waals surface area contributed by atoms with Crippen LogP contribution in [-0.4, -0.2) is 19.6 Å². The van der Waals surface area contributed by atoms with Crippen LogP contribution in [0.4, 0.5) is 0 Å². The van der Waals surface area contributed by atoms with Crippen LogP contribution in [0.5, 0.6) is 5.75 Å². The Kier molecular flexibility index (Phi) is 2.55. The van der Waals surface area contributed by atoms with Gasteiger partial charge in [0.15, 0.2) is 0 Å². The highest BCUT2D eigenvalue weighted by molar-refractivity contribution is 6.46. The molecule has 0 atom stereocenters. The van der Waals surface area contributed by atoms with Gasteiger partial charge in [-0.25, -0.2) is 0 Å². The van der Waals surface area contributed by atoms with E-state index in [-0.39, 0.29) is 0 Å². The van der Waals surface area contributed by atoms with Gasteiger partial charge in [-0.15, -0.1) is 0 Å². The van der Waals surface area contributed by atoms with Crippen LogP contribution in [-0.2, 0) is 0 Å². The van der Waals surface area contributed by atoms with Crippen molar-refractivity contribution in [3.8, 4) is 5.75 Å². The van der Waals surface area contributed by atoms with Crippen LogP contribution >= 0.6 is 0 Å². The molecule has 1 N–H and O–H groups in total. The van der Waals surface area contributed by atoms with Gasteiger partial charge in [-0.1, -0.05) is 17.1 Å². The monoisotopic (exact) mass is 149 g/mol. The number of hydrogen-bond donors (Lipinski definition) is 1. The summed E-state index contributed by atoms with van der Waals surface area (Å²) in [5, 5.41) is 8.72. The van der Waals surface area contributed by atoms with Gasteiger partial charge in [0, 0.05) is 0 Å². The summed E-state index contributed by atoms with van der Waals surface area (Å²) in [6, 6.07) is 5.51. The Morgan fingerprint density at radius 3 is 2.64 bits per heavy atom. The molecule has 0 aliphatic heterocycles. The number of hydrogen-bond acceptors (Lipinski definition) is 2. The van der Waals surface area contributed by atoms with E-state index in [1.54, 1.807) is 7.11 Å². The van der Waals surface area contributed by atoms with Gasteiger partial charge in [-0.3, -0.25) is 0 Å². The molecule has 0 spiro atoms. The van der Waals surface area contributed by atoms with Crippen LogP contribution in [0.25, 0.3) is 0 Å². The largest absolute Gasteiger partial charge is 0.497 e. The van der Waals surface area contributed by atoms with Crippen molar-refractivity contribution in [1.29, 1.82) is 0 Å². The second-order valence-electron chi connectivity index (χ2n) is 2.35. The summed E-state index contributed by atoms with van der Waals surface area (Å²) in [5.41, 5.74) is 1.83. The molecule has 1 radical (unpaired) electrons. The molecule has 3 heteroatoms. The number of benzene rings is 1. The third-order valence-electron chi connectivity index (χ3n) is 1.62. The number of ether oxygens (including phenoxy) is 1. The Morgan fingerprint density at radius 1 is 1.45 bits per heavy atom. The lowest BCUT2D eigenvalue weighted by Gasteiger charge is -2.03. The number of methoxy groups -OCH3 is 1. The summed E-state index contributed by atoms with van der Waals surface area (Å²) in [7, 11) is 2.71. The van der Waals surface area contributed by atoms with Crippen LogP contribution in [0.1, 0.15) is 5.56 Å². The highest BCUT2D eigenvalue weighted by Crippen LogP contribution is 2.09. The van der Waals surface area contributed by atoms with Crippen molar-refractivity contribution in [2.24, 2.45) is 0 Å². The molecule has 1 aromatic rings. The molecule has 0 bridgehead atoms. The molecule has 0 aliphatic rings. The summed E-state index contributed by atoms with van der Waals surface area (Å²) in [6.07, 6.45) is 0. The van der Waals surface area contributed by atoms with E-state index >= 15 is 0 Å². The van der Waals surface area contributed by atoms with Gasteiger partial charge >= 0.3 is 7.48 Å². The predicted octanol–water partition coefficient (Wildman–Crippen LogP) is 0.240. The molecule has 1 aromatic carbocycles. The van der Waals surface area contributed by atoms with Gasteiger partial charge in [-0.05, 0) is 19.1 Å². The summed E-state index contributed by atoms with van der Waals surface area (Å²) < 4.78 is 5.00. The first-order chi connectivity index (χ1) is 5.27. The minimum Gasteiger partial charge on any atom is -0.497 e. The minimum absolute atomic E-state index is 0.813. The lowest BCUT2D eigenvalue weighted by Crippen LogP contribution is -2.16. The minimum atomic E-state index is 0.813. The maximum Gasteiger partial charge on any atom is 0.327 e. The smallest absolute Gasteiger partial charge is 0.327 e. The van der Waals surface area contributed by atoms with E-state index in [9.17, 15) is 0 Å². The molecule has 0 aromatic heterocycles. The van der Waals surface area contributed by atoms with Gasteiger partial charge in [0.05, 0.1) is 7.11 Å². The van der Waals surface area contributed by atoms with Crippen molar-refractivity contribution < 1.29 is 9.76 Å². The zero-order valence-corrected chi connectivity index (χ0v) is 6.66. The first kappa shape index (κ1) is 8.14. The van der Waals surface area contributed by atoms with Crippen molar-refractivity contribution in [3.05, 3.63) is 23.8 Å². The maximum atomic E-state index is 8.72. The predicted molar refractivity (Wildman–Crippen MR) is 45.3 cm³/mol. The Labute approximate surface area is 67.1 Å². The zero-order chi connectivity index (χ0) is 8.27. The van der Waals surface area contributed by atoms with E-state index in [4.69, 9.17) is 9.76 Å². The Balaban J connectivity index is 2.99. The molecule has 0 saturated carbocycles. The number of rotatable bonds is 2. The molecule has 0 aliphatic carbocycles. The van der Waals surface area contributed by atoms with Gasteiger partial charge < -0.3 is 9.76 Å². The molecule has 11 heavy (non-hydrogen) atoms. The van der Waals surface area contributed by atoms with Gasteiger partial charge in [0.1, 0.15) is 5.75 Å². The fraction of sp³-hybridized carbons (Fsp3) is 0.250. The molecule has 0 fully saturated rings. The van der Waals surface area contributed by atoms with Gasteiger partial charge in [0.25, 0.3) is 0 Å². The number of aryl methyl sites for hydroxylation is 1. The fourth-order valence-corrected chi connectivity index (χ4v) is 0.920. The van der Waals surface area contributed by atoms with E-state index < -0.39 is 0 Å². The fourth-order valence-electron chi connectivity index (χ4n) is 0.920. The summed E-state index contributed by atoms with van der Waals surface area (Å²) in [5.74, 6) is 0.813. The van der Waals surface area contributed by atoms with Crippen LogP contribution in [0.2, 0.25) is 0 Å². The molecule has 2 nitrogen and oxygen atoms in total. The zero-order valence-electron chi connectivity index (χ0n) is 6.66. The van der Waals surface area contributed by atoms with E-state index in [1.807, 2.05) is 25.1 Å². The standard InChI is InChI=1S/C8H10BO2/c1-6-5-7(11-2)3-4-8(6)9-10/h3-5,10H,1-2H3. The normalized spacial score (nSPS) is 9.36. The second-order valence-corrected chi connectivity index (χ2v) is 2.35. The highest BCUT2D eigenvalue weighted by atomic mass is 16.5.